The monoisotopic (exact) mass is 296 g/mol. The Labute approximate surface area is 108 Å². The lowest BCUT2D eigenvalue weighted by atomic mass is 10.2. The van der Waals surface area contributed by atoms with Gasteiger partial charge >= 0.3 is 0 Å². The van der Waals surface area contributed by atoms with E-state index in [2.05, 4.69) is 43.3 Å². The standard InChI is InChI=1S/C11H13BrN4O/c1-3-8(13-2)11-15-10(16-17-11)9-5-4-7(12)6-14-9/h4-6,8,13H,3H2,1-2H3. The number of rotatable bonds is 4. The lowest BCUT2D eigenvalue weighted by Gasteiger charge is -2.06. The van der Waals surface area contributed by atoms with Crippen LogP contribution < -0.4 is 5.32 Å². The fraction of sp³-hybridized carbons (Fsp3) is 0.364. The topological polar surface area (TPSA) is 63.8 Å². The molecule has 1 unspecified atom stereocenters. The van der Waals surface area contributed by atoms with Crippen molar-refractivity contribution in [3.05, 3.63) is 28.7 Å². The predicted octanol–water partition coefficient (Wildman–Crippen LogP) is 2.56. The van der Waals surface area contributed by atoms with Gasteiger partial charge in [0.2, 0.25) is 11.7 Å². The van der Waals surface area contributed by atoms with Crippen molar-refractivity contribution in [2.24, 2.45) is 0 Å². The average molecular weight is 297 g/mol. The smallest absolute Gasteiger partial charge is 0.244 e. The third-order valence-electron chi connectivity index (χ3n) is 2.45. The molecule has 0 saturated carbocycles. The summed E-state index contributed by atoms with van der Waals surface area (Å²) in [7, 11) is 1.87. The highest BCUT2D eigenvalue weighted by Gasteiger charge is 2.16. The van der Waals surface area contributed by atoms with Gasteiger partial charge in [-0.15, -0.1) is 0 Å². The highest BCUT2D eigenvalue weighted by atomic mass is 79.9. The van der Waals surface area contributed by atoms with Crippen molar-refractivity contribution < 1.29 is 4.52 Å². The van der Waals surface area contributed by atoms with E-state index in [0.717, 1.165) is 10.9 Å². The van der Waals surface area contributed by atoms with E-state index in [1.165, 1.54) is 0 Å². The van der Waals surface area contributed by atoms with E-state index in [9.17, 15) is 0 Å². The third kappa shape index (κ3) is 2.70. The van der Waals surface area contributed by atoms with Crippen LogP contribution in [0.25, 0.3) is 11.5 Å². The summed E-state index contributed by atoms with van der Waals surface area (Å²) in [5.41, 5.74) is 0.703. The van der Waals surface area contributed by atoms with Gasteiger partial charge in [-0.1, -0.05) is 12.1 Å². The molecule has 0 aliphatic rings. The van der Waals surface area contributed by atoms with Crippen LogP contribution in [-0.4, -0.2) is 22.2 Å². The van der Waals surface area contributed by atoms with Crippen LogP contribution in [-0.2, 0) is 0 Å². The molecule has 0 aromatic carbocycles. The quantitative estimate of drug-likeness (QED) is 0.939. The Balaban J connectivity index is 2.26. The summed E-state index contributed by atoms with van der Waals surface area (Å²) in [6.45, 7) is 2.06. The molecular formula is C11H13BrN4O. The number of nitrogens with zero attached hydrogens (tertiary/aromatic N) is 3. The van der Waals surface area contributed by atoms with E-state index in [0.29, 0.717) is 17.4 Å². The zero-order valence-corrected chi connectivity index (χ0v) is 11.2. The molecule has 0 radical (unpaired) electrons. The Kier molecular flexibility index (Phi) is 3.86. The van der Waals surface area contributed by atoms with Gasteiger partial charge in [-0.3, -0.25) is 4.98 Å². The predicted molar refractivity (Wildman–Crippen MR) is 67.3 cm³/mol. The van der Waals surface area contributed by atoms with Gasteiger partial charge in [-0.2, -0.15) is 4.98 Å². The van der Waals surface area contributed by atoms with Crippen molar-refractivity contribution in [1.82, 2.24) is 20.4 Å². The van der Waals surface area contributed by atoms with Crippen LogP contribution in [0.2, 0.25) is 0 Å². The van der Waals surface area contributed by atoms with Crippen molar-refractivity contribution in [3.8, 4) is 11.5 Å². The van der Waals surface area contributed by atoms with Crippen LogP contribution in [0.4, 0.5) is 0 Å². The van der Waals surface area contributed by atoms with Crippen molar-refractivity contribution in [1.29, 1.82) is 0 Å². The number of nitrogens with one attached hydrogen (secondary N) is 1. The number of hydrogen-bond acceptors (Lipinski definition) is 5. The SMILES string of the molecule is CCC(NC)c1nc(-c2ccc(Br)cn2)no1. The van der Waals surface area contributed by atoms with Crippen molar-refractivity contribution >= 4 is 15.9 Å². The molecule has 17 heavy (non-hydrogen) atoms. The first-order chi connectivity index (χ1) is 8.24. The Morgan fingerprint density at radius 3 is 2.88 bits per heavy atom. The van der Waals surface area contributed by atoms with Gasteiger partial charge in [0.1, 0.15) is 5.69 Å². The van der Waals surface area contributed by atoms with Gasteiger partial charge in [0, 0.05) is 10.7 Å². The molecule has 2 rings (SSSR count). The zero-order chi connectivity index (χ0) is 12.3. The van der Waals surface area contributed by atoms with Gasteiger partial charge in [0.25, 0.3) is 0 Å². The summed E-state index contributed by atoms with van der Waals surface area (Å²) in [6, 6.07) is 3.83. The molecule has 0 aliphatic carbocycles. The fourth-order valence-corrected chi connectivity index (χ4v) is 1.73. The first-order valence-corrected chi connectivity index (χ1v) is 6.16. The number of aromatic nitrogens is 3. The van der Waals surface area contributed by atoms with Crippen molar-refractivity contribution in [2.45, 2.75) is 19.4 Å². The van der Waals surface area contributed by atoms with Crippen molar-refractivity contribution in [3.63, 3.8) is 0 Å². The van der Waals surface area contributed by atoms with E-state index in [1.54, 1.807) is 6.20 Å². The van der Waals surface area contributed by atoms with Gasteiger partial charge in [0.15, 0.2) is 0 Å². The summed E-state index contributed by atoms with van der Waals surface area (Å²) in [6.07, 6.45) is 2.60. The molecule has 1 N–H and O–H groups in total. The zero-order valence-electron chi connectivity index (χ0n) is 9.64. The van der Waals surface area contributed by atoms with Crippen LogP contribution in [0.1, 0.15) is 25.3 Å². The van der Waals surface area contributed by atoms with E-state index < -0.39 is 0 Å². The van der Waals surface area contributed by atoms with E-state index in [1.807, 2.05) is 19.2 Å². The largest absolute Gasteiger partial charge is 0.337 e. The van der Waals surface area contributed by atoms with Crippen LogP contribution in [0.15, 0.2) is 27.3 Å². The summed E-state index contributed by atoms with van der Waals surface area (Å²) < 4.78 is 6.14. The molecule has 0 fully saturated rings. The second kappa shape index (κ2) is 5.37. The first-order valence-electron chi connectivity index (χ1n) is 5.37. The van der Waals surface area contributed by atoms with Crippen LogP contribution >= 0.6 is 15.9 Å². The van der Waals surface area contributed by atoms with Crippen LogP contribution in [0.5, 0.6) is 0 Å². The third-order valence-corrected chi connectivity index (χ3v) is 2.92. The van der Waals surface area contributed by atoms with E-state index in [-0.39, 0.29) is 6.04 Å². The molecule has 0 saturated heterocycles. The van der Waals surface area contributed by atoms with Gasteiger partial charge in [-0.25, -0.2) is 0 Å². The molecule has 0 spiro atoms. The minimum Gasteiger partial charge on any atom is -0.337 e. The minimum atomic E-state index is 0.0895. The van der Waals surface area contributed by atoms with Crippen LogP contribution in [0, 0.1) is 0 Å². The molecule has 2 aromatic heterocycles. The highest BCUT2D eigenvalue weighted by molar-refractivity contribution is 9.10. The molecule has 1 atom stereocenters. The first kappa shape index (κ1) is 12.2. The Morgan fingerprint density at radius 2 is 2.29 bits per heavy atom. The van der Waals surface area contributed by atoms with Crippen molar-refractivity contribution in [2.75, 3.05) is 7.05 Å². The minimum absolute atomic E-state index is 0.0895. The Bertz CT molecular complexity index is 478. The van der Waals surface area contributed by atoms with E-state index >= 15 is 0 Å². The molecule has 0 aliphatic heterocycles. The summed E-state index contributed by atoms with van der Waals surface area (Å²) in [5.74, 6) is 1.11. The molecule has 0 bridgehead atoms. The maximum atomic E-state index is 5.22. The summed E-state index contributed by atoms with van der Waals surface area (Å²) in [4.78, 5) is 8.55. The molecule has 2 aromatic rings. The number of halogens is 1. The molecule has 6 heteroatoms. The normalized spacial score (nSPS) is 12.6. The van der Waals surface area contributed by atoms with Crippen LogP contribution in [0.3, 0.4) is 0 Å². The lowest BCUT2D eigenvalue weighted by molar-refractivity contribution is 0.334. The molecule has 0 amide bonds. The second-order valence-electron chi connectivity index (χ2n) is 3.57. The van der Waals surface area contributed by atoms with Gasteiger partial charge in [-0.05, 0) is 41.5 Å². The Hall–Kier alpha value is -1.27. The number of pyridine rings is 1. The second-order valence-corrected chi connectivity index (χ2v) is 4.48. The average Bonchev–Trinajstić information content (AvgIpc) is 2.81. The summed E-state index contributed by atoms with van der Waals surface area (Å²) in [5, 5.41) is 7.05. The lowest BCUT2D eigenvalue weighted by Crippen LogP contribution is -2.15. The molecular weight excluding hydrogens is 284 g/mol. The van der Waals surface area contributed by atoms with Gasteiger partial charge < -0.3 is 9.84 Å². The van der Waals surface area contributed by atoms with Gasteiger partial charge in [0.05, 0.1) is 6.04 Å². The number of hydrogen-bond donors (Lipinski definition) is 1. The summed E-state index contributed by atoms with van der Waals surface area (Å²) >= 11 is 3.33. The maximum absolute atomic E-state index is 5.22. The fourth-order valence-electron chi connectivity index (χ4n) is 1.49. The molecule has 2 heterocycles. The maximum Gasteiger partial charge on any atom is 0.244 e. The highest BCUT2D eigenvalue weighted by Crippen LogP contribution is 2.19. The molecule has 5 nitrogen and oxygen atoms in total. The Morgan fingerprint density at radius 1 is 1.47 bits per heavy atom. The van der Waals surface area contributed by atoms with E-state index in [4.69, 9.17) is 4.52 Å². The molecule has 90 valence electrons.